The lowest BCUT2D eigenvalue weighted by Crippen LogP contribution is -2.42. The molecule has 0 atom stereocenters. The molecule has 0 saturated heterocycles. The number of carbonyl (C=O) groups excluding carboxylic acids is 1. The normalized spacial score (nSPS) is 17.0. The van der Waals surface area contributed by atoms with Gasteiger partial charge < -0.3 is 9.64 Å². The van der Waals surface area contributed by atoms with E-state index >= 15 is 0 Å². The number of hydrogen-bond acceptors (Lipinski definition) is 2. The van der Waals surface area contributed by atoms with Crippen LogP contribution in [0.1, 0.15) is 39.5 Å². The van der Waals surface area contributed by atoms with Crippen LogP contribution in [0.5, 0.6) is 0 Å². The molecule has 0 aromatic rings. The summed E-state index contributed by atoms with van der Waals surface area (Å²) in [5.41, 5.74) is 0. The molecule has 94 valence electrons. The fourth-order valence-corrected chi connectivity index (χ4v) is 2.52. The highest BCUT2D eigenvalue weighted by molar-refractivity contribution is 9.09. The molecule has 0 heterocycles. The molecule has 0 aromatic heterocycles. The van der Waals surface area contributed by atoms with Crippen molar-refractivity contribution < 1.29 is 9.53 Å². The first-order valence-electron chi connectivity index (χ1n) is 6.12. The Morgan fingerprint density at radius 2 is 2.06 bits per heavy atom. The van der Waals surface area contributed by atoms with E-state index in [0.717, 1.165) is 24.7 Å². The van der Waals surface area contributed by atoms with Gasteiger partial charge in [-0.3, -0.25) is 4.79 Å². The lowest BCUT2D eigenvalue weighted by molar-refractivity contribution is -0.139. The Hall–Kier alpha value is -0.0900. The topological polar surface area (TPSA) is 29.5 Å². The predicted octanol–water partition coefficient (Wildman–Crippen LogP) is 2.58. The number of nitrogens with zero attached hydrogens (tertiary/aromatic N) is 1. The number of halogens is 1. The van der Waals surface area contributed by atoms with Gasteiger partial charge in [0.2, 0.25) is 5.91 Å². The molecule has 1 rings (SSSR count). The first-order chi connectivity index (χ1) is 7.65. The molecular formula is C12H22BrNO2. The smallest absolute Gasteiger partial charge is 0.248 e. The first-order valence-corrected chi connectivity index (χ1v) is 7.24. The Bertz CT molecular complexity index is 215. The van der Waals surface area contributed by atoms with Crippen molar-refractivity contribution in [2.75, 3.05) is 18.5 Å². The van der Waals surface area contributed by atoms with Crippen LogP contribution in [-0.4, -0.2) is 41.4 Å². The largest absolute Gasteiger partial charge is 0.369 e. The van der Waals surface area contributed by atoms with Crippen molar-refractivity contribution in [1.82, 2.24) is 4.90 Å². The summed E-state index contributed by atoms with van der Waals surface area (Å²) in [7, 11) is 0. The maximum absolute atomic E-state index is 12.0. The SMILES string of the molecule is CC(C)OCC(=O)N(CCBr)C1CCCC1. The van der Waals surface area contributed by atoms with Crippen molar-refractivity contribution in [2.24, 2.45) is 0 Å². The quantitative estimate of drug-likeness (QED) is 0.704. The summed E-state index contributed by atoms with van der Waals surface area (Å²) in [5.74, 6) is 0.139. The van der Waals surface area contributed by atoms with E-state index in [0.29, 0.717) is 6.04 Å². The second-order valence-corrected chi connectivity index (χ2v) is 5.37. The molecule has 0 radical (unpaired) electrons. The van der Waals surface area contributed by atoms with Crippen LogP contribution in [0.4, 0.5) is 0 Å². The number of hydrogen-bond donors (Lipinski definition) is 0. The van der Waals surface area contributed by atoms with Crippen molar-refractivity contribution in [1.29, 1.82) is 0 Å². The zero-order chi connectivity index (χ0) is 12.0. The van der Waals surface area contributed by atoms with E-state index in [9.17, 15) is 4.79 Å². The minimum atomic E-state index is 0.123. The summed E-state index contributed by atoms with van der Waals surface area (Å²) in [6.07, 6.45) is 4.93. The van der Waals surface area contributed by atoms with Crippen LogP contribution >= 0.6 is 15.9 Å². The summed E-state index contributed by atoms with van der Waals surface area (Å²) in [6.45, 7) is 4.93. The zero-order valence-corrected chi connectivity index (χ0v) is 11.8. The average molecular weight is 292 g/mol. The van der Waals surface area contributed by atoms with E-state index in [2.05, 4.69) is 15.9 Å². The Morgan fingerprint density at radius 3 is 2.56 bits per heavy atom. The zero-order valence-electron chi connectivity index (χ0n) is 10.2. The van der Waals surface area contributed by atoms with Gasteiger partial charge in [0.05, 0.1) is 6.10 Å². The van der Waals surface area contributed by atoms with E-state index in [4.69, 9.17) is 4.74 Å². The van der Waals surface area contributed by atoms with Gasteiger partial charge in [-0.05, 0) is 26.7 Å². The summed E-state index contributed by atoms with van der Waals surface area (Å²) < 4.78 is 5.38. The summed E-state index contributed by atoms with van der Waals surface area (Å²) >= 11 is 3.41. The van der Waals surface area contributed by atoms with Crippen LogP contribution in [-0.2, 0) is 9.53 Å². The van der Waals surface area contributed by atoms with E-state index in [-0.39, 0.29) is 18.6 Å². The molecule has 1 fully saturated rings. The number of carbonyl (C=O) groups is 1. The van der Waals surface area contributed by atoms with Gasteiger partial charge in [-0.2, -0.15) is 0 Å². The van der Waals surface area contributed by atoms with Crippen LogP contribution in [0.25, 0.3) is 0 Å². The molecule has 1 aliphatic rings. The van der Waals surface area contributed by atoms with Crippen molar-refractivity contribution in [3.63, 3.8) is 0 Å². The molecule has 3 nitrogen and oxygen atoms in total. The van der Waals surface area contributed by atoms with Gasteiger partial charge in [-0.25, -0.2) is 0 Å². The standard InChI is InChI=1S/C12H22BrNO2/c1-10(2)16-9-12(15)14(8-7-13)11-5-3-4-6-11/h10-11H,3-9H2,1-2H3. The van der Waals surface area contributed by atoms with Crippen LogP contribution in [0.3, 0.4) is 0 Å². The molecule has 16 heavy (non-hydrogen) atoms. The monoisotopic (exact) mass is 291 g/mol. The summed E-state index contributed by atoms with van der Waals surface area (Å²) in [6, 6.07) is 0.445. The average Bonchev–Trinajstić information content (AvgIpc) is 2.75. The minimum absolute atomic E-state index is 0.123. The van der Waals surface area contributed by atoms with Crippen molar-refractivity contribution in [2.45, 2.75) is 51.7 Å². The molecule has 0 spiro atoms. The third kappa shape index (κ3) is 4.42. The van der Waals surface area contributed by atoms with Crippen LogP contribution < -0.4 is 0 Å². The van der Waals surface area contributed by atoms with Gasteiger partial charge in [0.15, 0.2) is 0 Å². The lowest BCUT2D eigenvalue weighted by atomic mass is 10.2. The molecule has 0 aromatic carbocycles. The number of alkyl halides is 1. The van der Waals surface area contributed by atoms with E-state index in [1.165, 1.54) is 12.8 Å². The maximum Gasteiger partial charge on any atom is 0.248 e. The van der Waals surface area contributed by atoms with Crippen LogP contribution in [0, 0.1) is 0 Å². The molecule has 0 unspecified atom stereocenters. The van der Waals surface area contributed by atoms with Crippen molar-refractivity contribution in [3.05, 3.63) is 0 Å². The minimum Gasteiger partial charge on any atom is -0.369 e. The maximum atomic E-state index is 12.0. The van der Waals surface area contributed by atoms with Gasteiger partial charge in [0.25, 0.3) is 0 Å². The highest BCUT2D eigenvalue weighted by Crippen LogP contribution is 2.23. The van der Waals surface area contributed by atoms with E-state index in [1.54, 1.807) is 0 Å². The number of rotatable bonds is 6. The lowest BCUT2D eigenvalue weighted by Gasteiger charge is -2.28. The molecule has 1 amide bonds. The fraction of sp³-hybridized carbons (Fsp3) is 0.917. The molecular weight excluding hydrogens is 270 g/mol. The van der Waals surface area contributed by atoms with Gasteiger partial charge in [0.1, 0.15) is 6.61 Å². The van der Waals surface area contributed by atoms with Gasteiger partial charge in [-0.15, -0.1) is 0 Å². The Labute approximate surface area is 107 Å². The van der Waals surface area contributed by atoms with E-state index < -0.39 is 0 Å². The molecule has 4 heteroatoms. The Morgan fingerprint density at radius 1 is 1.44 bits per heavy atom. The number of amides is 1. The second-order valence-electron chi connectivity index (χ2n) is 4.57. The van der Waals surface area contributed by atoms with Crippen LogP contribution in [0.2, 0.25) is 0 Å². The van der Waals surface area contributed by atoms with Crippen molar-refractivity contribution >= 4 is 21.8 Å². The molecule has 0 bridgehead atoms. The highest BCUT2D eigenvalue weighted by atomic mass is 79.9. The van der Waals surface area contributed by atoms with E-state index in [1.807, 2.05) is 18.7 Å². The fourth-order valence-electron chi connectivity index (χ4n) is 2.14. The summed E-state index contributed by atoms with van der Waals surface area (Å²) in [4.78, 5) is 14.0. The van der Waals surface area contributed by atoms with Crippen LogP contribution in [0.15, 0.2) is 0 Å². The van der Waals surface area contributed by atoms with Gasteiger partial charge in [-0.1, -0.05) is 28.8 Å². The Balaban J connectivity index is 2.44. The Kier molecular flexibility index (Phi) is 6.36. The van der Waals surface area contributed by atoms with Gasteiger partial charge in [0, 0.05) is 17.9 Å². The van der Waals surface area contributed by atoms with Gasteiger partial charge >= 0.3 is 0 Å². The third-order valence-corrected chi connectivity index (χ3v) is 3.31. The summed E-state index contributed by atoms with van der Waals surface area (Å²) in [5, 5.41) is 0.844. The third-order valence-electron chi connectivity index (χ3n) is 2.95. The highest BCUT2D eigenvalue weighted by Gasteiger charge is 2.25. The molecule has 1 aliphatic carbocycles. The molecule has 0 aliphatic heterocycles. The molecule has 1 saturated carbocycles. The molecule has 0 N–H and O–H groups in total. The van der Waals surface area contributed by atoms with Crippen molar-refractivity contribution in [3.8, 4) is 0 Å². The first kappa shape index (κ1) is 14.0. The predicted molar refractivity (Wildman–Crippen MR) is 68.9 cm³/mol. The second kappa shape index (κ2) is 7.28. The number of ether oxygens (including phenoxy) is 1.